The summed E-state index contributed by atoms with van der Waals surface area (Å²) >= 11 is 1.36. The summed E-state index contributed by atoms with van der Waals surface area (Å²) in [6.45, 7) is 1.01. The van der Waals surface area contributed by atoms with Crippen molar-refractivity contribution in [3.63, 3.8) is 0 Å². The monoisotopic (exact) mass is 336 g/mol. The van der Waals surface area contributed by atoms with E-state index in [1.165, 1.54) is 11.3 Å². The molecule has 23 heavy (non-hydrogen) atoms. The van der Waals surface area contributed by atoms with Crippen LogP contribution >= 0.6 is 11.3 Å². The van der Waals surface area contributed by atoms with Crippen LogP contribution in [0.2, 0.25) is 0 Å². The Bertz CT molecular complexity index is 567. The molecule has 124 valence electrons. The van der Waals surface area contributed by atoms with Crippen molar-refractivity contribution < 1.29 is 19.1 Å². The van der Waals surface area contributed by atoms with Gasteiger partial charge in [0.25, 0.3) is 0 Å². The van der Waals surface area contributed by atoms with E-state index in [4.69, 9.17) is 9.47 Å². The number of amides is 1. The van der Waals surface area contributed by atoms with Crippen LogP contribution < -0.4 is 5.32 Å². The Morgan fingerprint density at radius 1 is 1.35 bits per heavy atom. The van der Waals surface area contributed by atoms with Crippen molar-refractivity contribution in [2.75, 3.05) is 18.5 Å². The minimum Gasteiger partial charge on any atom is -0.463 e. The summed E-state index contributed by atoms with van der Waals surface area (Å²) in [6.07, 6.45) is 8.51. The Kier molecular flexibility index (Phi) is 5.40. The molecular formula is C16H20N2O4S. The number of ether oxygens (including phenoxy) is 2. The second-order valence-corrected chi connectivity index (χ2v) is 6.64. The van der Waals surface area contributed by atoms with Gasteiger partial charge in [0.15, 0.2) is 5.13 Å². The molecule has 1 aliphatic heterocycles. The molecule has 1 fully saturated rings. The third-order valence-electron chi connectivity index (χ3n) is 4.17. The number of nitrogens with one attached hydrogen (secondary N) is 1. The highest BCUT2D eigenvalue weighted by molar-refractivity contribution is 7.13. The molecule has 2 aliphatic rings. The third kappa shape index (κ3) is 4.17. The van der Waals surface area contributed by atoms with E-state index in [0.717, 1.165) is 19.4 Å². The van der Waals surface area contributed by atoms with E-state index in [-0.39, 0.29) is 24.6 Å². The van der Waals surface area contributed by atoms with Crippen molar-refractivity contribution in [3.8, 4) is 0 Å². The predicted octanol–water partition coefficient (Wildman–Crippen LogP) is 2.39. The summed E-state index contributed by atoms with van der Waals surface area (Å²) in [5.74, 6) is -1.35. The molecule has 7 heteroatoms. The number of hydrogen-bond acceptors (Lipinski definition) is 6. The van der Waals surface area contributed by atoms with E-state index in [2.05, 4.69) is 10.3 Å². The van der Waals surface area contributed by atoms with Crippen LogP contribution in [0.25, 0.3) is 0 Å². The van der Waals surface area contributed by atoms with Gasteiger partial charge < -0.3 is 14.8 Å². The normalized spacial score (nSPS) is 26.9. The molecule has 3 unspecified atom stereocenters. The van der Waals surface area contributed by atoms with Crippen LogP contribution in [0.3, 0.4) is 0 Å². The molecule has 1 aromatic heterocycles. The molecule has 0 saturated carbocycles. The van der Waals surface area contributed by atoms with Crippen molar-refractivity contribution in [2.24, 2.45) is 11.8 Å². The first-order valence-electron chi connectivity index (χ1n) is 7.87. The number of hydrogen-bond donors (Lipinski definition) is 1. The quantitative estimate of drug-likeness (QED) is 0.660. The average molecular weight is 336 g/mol. The van der Waals surface area contributed by atoms with Crippen LogP contribution in [0.4, 0.5) is 5.13 Å². The number of nitrogens with zero attached hydrogens (tertiary/aromatic N) is 1. The number of carbonyl (C=O) groups excluding carboxylic acids is 2. The second kappa shape index (κ2) is 7.70. The van der Waals surface area contributed by atoms with Crippen LogP contribution in [-0.4, -0.2) is 36.2 Å². The number of rotatable bonds is 5. The minimum absolute atomic E-state index is 0.000628. The van der Waals surface area contributed by atoms with Crippen LogP contribution in [0.5, 0.6) is 0 Å². The molecule has 1 N–H and O–H groups in total. The van der Waals surface area contributed by atoms with Gasteiger partial charge in [-0.2, -0.15) is 0 Å². The number of allylic oxidation sites excluding steroid dienone is 2. The van der Waals surface area contributed by atoms with Gasteiger partial charge in [-0.05, 0) is 25.7 Å². The number of esters is 1. The molecule has 0 bridgehead atoms. The zero-order valence-corrected chi connectivity index (χ0v) is 13.6. The Morgan fingerprint density at radius 3 is 2.87 bits per heavy atom. The highest BCUT2D eigenvalue weighted by Gasteiger charge is 2.36. The van der Waals surface area contributed by atoms with Gasteiger partial charge in [0, 0.05) is 18.2 Å². The van der Waals surface area contributed by atoms with Gasteiger partial charge in [0.1, 0.15) is 6.61 Å². The lowest BCUT2D eigenvalue weighted by Crippen LogP contribution is -2.36. The standard InChI is InChI=1S/C16H20N2O4S/c19-14(18-16-17-7-9-23-16)12-5-1-2-6-13(12)15(20)22-10-11-4-3-8-21-11/h1-2,7,9,11-13H,3-6,8,10H2,(H,17,18,19). The number of carbonyl (C=O) groups is 2. The molecule has 1 aromatic rings. The fourth-order valence-electron chi connectivity index (χ4n) is 2.91. The van der Waals surface area contributed by atoms with Gasteiger partial charge in [0.2, 0.25) is 5.91 Å². The summed E-state index contributed by atoms with van der Waals surface area (Å²) in [6, 6.07) is 0. The van der Waals surface area contributed by atoms with Crippen LogP contribution in [-0.2, 0) is 19.1 Å². The van der Waals surface area contributed by atoms with Crippen molar-refractivity contribution in [1.82, 2.24) is 4.98 Å². The molecule has 3 rings (SSSR count). The van der Waals surface area contributed by atoms with Crippen molar-refractivity contribution in [3.05, 3.63) is 23.7 Å². The van der Waals surface area contributed by atoms with Crippen LogP contribution in [0.15, 0.2) is 23.7 Å². The van der Waals surface area contributed by atoms with Crippen molar-refractivity contribution in [2.45, 2.75) is 31.8 Å². The molecule has 6 nitrogen and oxygen atoms in total. The summed E-state index contributed by atoms with van der Waals surface area (Å²) in [5.41, 5.74) is 0. The van der Waals surface area contributed by atoms with Crippen LogP contribution in [0, 0.1) is 11.8 Å². The van der Waals surface area contributed by atoms with E-state index in [9.17, 15) is 9.59 Å². The summed E-state index contributed by atoms with van der Waals surface area (Å²) in [4.78, 5) is 28.8. The SMILES string of the molecule is O=C(Nc1nccs1)C1CC=CCC1C(=O)OCC1CCCO1. The molecular weight excluding hydrogens is 316 g/mol. The zero-order valence-electron chi connectivity index (χ0n) is 12.8. The van der Waals surface area contributed by atoms with Gasteiger partial charge >= 0.3 is 5.97 Å². The summed E-state index contributed by atoms with van der Waals surface area (Å²) in [7, 11) is 0. The van der Waals surface area contributed by atoms with E-state index < -0.39 is 11.8 Å². The lowest BCUT2D eigenvalue weighted by molar-refractivity contribution is -0.155. The number of aromatic nitrogens is 1. The molecule has 2 heterocycles. The number of anilines is 1. The second-order valence-electron chi connectivity index (χ2n) is 5.75. The first-order valence-corrected chi connectivity index (χ1v) is 8.75. The Hall–Kier alpha value is -1.73. The van der Waals surface area contributed by atoms with Gasteiger partial charge in [-0.25, -0.2) is 4.98 Å². The molecule has 0 aromatic carbocycles. The Labute approximate surface area is 138 Å². The highest BCUT2D eigenvalue weighted by Crippen LogP contribution is 2.28. The van der Waals surface area contributed by atoms with Crippen molar-refractivity contribution >= 4 is 28.3 Å². The lowest BCUT2D eigenvalue weighted by atomic mass is 9.82. The summed E-state index contributed by atoms with van der Waals surface area (Å²) < 4.78 is 10.8. The van der Waals surface area contributed by atoms with E-state index >= 15 is 0 Å². The maximum atomic E-state index is 12.4. The molecule has 0 spiro atoms. The van der Waals surface area contributed by atoms with Gasteiger partial charge in [-0.15, -0.1) is 11.3 Å². The molecule has 1 aliphatic carbocycles. The lowest BCUT2D eigenvalue weighted by Gasteiger charge is -2.26. The van der Waals surface area contributed by atoms with Gasteiger partial charge in [-0.1, -0.05) is 12.2 Å². The van der Waals surface area contributed by atoms with Crippen molar-refractivity contribution in [1.29, 1.82) is 0 Å². The number of thiazole rings is 1. The Morgan fingerprint density at radius 2 is 2.17 bits per heavy atom. The smallest absolute Gasteiger partial charge is 0.310 e. The third-order valence-corrected chi connectivity index (χ3v) is 4.86. The summed E-state index contributed by atoms with van der Waals surface area (Å²) in [5, 5.41) is 5.12. The van der Waals surface area contributed by atoms with E-state index in [1.807, 2.05) is 12.2 Å². The van der Waals surface area contributed by atoms with E-state index in [1.54, 1.807) is 11.6 Å². The van der Waals surface area contributed by atoms with Gasteiger partial charge in [-0.3, -0.25) is 9.59 Å². The molecule has 1 amide bonds. The maximum Gasteiger partial charge on any atom is 0.310 e. The topological polar surface area (TPSA) is 77.5 Å². The molecule has 1 saturated heterocycles. The van der Waals surface area contributed by atoms with Crippen LogP contribution in [0.1, 0.15) is 25.7 Å². The first kappa shape index (κ1) is 16.1. The maximum absolute atomic E-state index is 12.4. The fraction of sp³-hybridized carbons (Fsp3) is 0.562. The largest absolute Gasteiger partial charge is 0.463 e. The average Bonchev–Trinajstić information content (AvgIpc) is 3.26. The van der Waals surface area contributed by atoms with E-state index in [0.29, 0.717) is 18.0 Å². The molecule has 0 radical (unpaired) electrons. The Balaban J connectivity index is 1.57. The first-order chi connectivity index (χ1) is 11.2. The highest BCUT2D eigenvalue weighted by atomic mass is 32.1. The minimum atomic E-state index is -0.443. The van der Waals surface area contributed by atoms with Gasteiger partial charge in [0.05, 0.1) is 17.9 Å². The predicted molar refractivity (Wildman–Crippen MR) is 86.0 cm³/mol. The molecule has 3 atom stereocenters. The zero-order chi connectivity index (χ0) is 16.1. The fourth-order valence-corrected chi connectivity index (χ4v) is 3.44.